The van der Waals surface area contributed by atoms with E-state index >= 15 is 0 Å². The summed E-state index contributed by atoms with van der Waals surface area (Å²) >= 11 is 1.40. The summed E-state index contributed by atoms with van der Waals surface area (Å²) in [7, 11) is 0. The second-order valence-electron chi connectivity index (χ2n) is 7.38. The van der Waals surface area contributed by atoms with Crippen molar-refractivity contribution >= 4 is 23.2 Å². The van der Waals surface area contributed by atoms with Gasteiger partial charge >= 0.3 is 0 Å². The molecule has 2 amide bonds. The lowest BCUT2D eigenvalue weighted by molar-refractivity contribution is -0.130. The molecule has 1 aromatic heterocycles. The minimum atomic E-state index is -0.143. The van der Waals surface area contributed by atoms with Crippen LogP contribution < -0.4 is 5.32 Å². The van der Waals surface area contributed by atoms with Gasteiger partial charge in [0.25, 0.3) is 5.91 Å². The van der Waals surface area contributed by atoms with E-state index in [2.05, 4.69) is 5.32 Å². The molecule has 0 saturated carbocycles. The predicted molar refractivity (Wildman–Crippen MR) is 120 cm³/mol. The van der Waals surface area contributed by atoms with Crippen LogP contribution in [0, 0.1) is 0 Å². The lowest BCUT2D eigenvalue weighted by Gasteiger charge is -2.20. The number of likely N-dealkylation sites (tertiary alicyclic amines) is 1. The fourth-order valence-corrected chi connectivity index (χ4v) is 4.64. The van der Waals surface area contributed by atoms with Crippen molar-refractivity contribution in [3.8, 4) is 21.8 Å². The molecule has 0 unspecified atom stereocenters. The largest absolute Gasteiger partial charge is 0.349 e. The summed E-state index contributed by atoms with van der Waals surface area (Å²) in [5, 5.41) is 3.82. The van der Waals surface area contributed by atoms with Gasteiger partial charge in [-0.3, -0.25) is 9.59 Å². The lowest BCUT2D eigenvalue weighted by Crippen LogP contribution is -2.38. The number of nitrogens with one attached hydrogen (secondary N) is 1. The van der Waals surface area contributed by atoms with Crippen LogP contribution in [0.5, 0.6) is 0 Å². The molecule has 1 fully saturated rings. The van der Waals surface area contributed by atoms with Gasteiger partial charge in [0.1, 0.15) is 9.88 Å². The maximum atomic E-state index is 13.0. The monoisotopic (exact) mass is 419 g/mol. The van der Waals surface area contributed by atoms with Gasteiger partial charge in [-0.05, 0) is 12.8 Å². The fraction of sp³-hybridized carbons (Fsp3) is 0.292. The molecule has 3 aromatic rings. The van der Waals surface area contributed by atoms with Crippen molar-refractivity contribution in [1.82, 2.24) is 15.2 Å². The number of hydrogen-bond donors (Lipinski definition) is 1. The molecule has 30 heavy (non-hydrogen) atoms. The normalized spacial score (nSPS) is 14.4. The SMILES string of the molecule is O=C(NCCN1CCCCCC1=O)c1sc(-c2ccccc2)nc1-c1ccccc1. The molecule has 0 atom stereocenters. The zero-order valence-corrected chi connectivity index (χ0v) is 17.7. The number of rotatable bonds is 6. The van der Waals surface area contributed by atoms with Crippen LogP contribution in [0.25, 0.3) is 21.8 Å². The molecule has 1 N–H and O–H groups in total. The van der Waals surface area contributed by atoms with Gasteiger partial charge in [0.2, 0.25) is 5.91 Å². The summed E-state index contributed by atoms with van der Waals surface area (Å²) < 4.78 is 0. The first-order chi connectivity index (χ1) is 14.7. The molecule has 1 aliphatic rings. The van der Waals surface area contributed by atoms with Gasteiger partial charge in [-0.2, -0.15) is 0 Å². The molecule has 1 saturated heterocycles. The standard InChI is InChI=1S/C24H25N3O2S/c28-20-14-8-3-9-16-27(20)17-15-25-23(29)22-21(18-10-4-1-5-11-18)26-24(30-22)19-12-6-2-7-13-19/h1-2,4-7,10-13H,3,8-9,14-17H2,(H,25,29). The molecule has 154 valence electrons. The van der Waals surface area contributed by atoms with Crippen LogP contribution in [-0.4, -0.2) is 41.3 Å². The highest BCUT2D eigenvalue weighted by atomic mass is 32.1. The maximum Gasteiger partial charge on any atom is 0.263 e. The number of carbonyl (C=O) groups is 2. The Labute approximate surface area is 180 Å². The second-order valence-corrected chi connectivity index (χ2v) is 8.38. The molecular weight excluding hydrogens is 394 g/mol. The number of thiazole rings is 1. The maximum absolute atomic E-state index is 13.0. The molecule has 0 aliphatic carbocycles. The van der Waals surface area contributed by atoms with E-state index in [1.807, 2.05) is 65.6 Å². The minimum Gasteiger partial charge on any atom is -0.349 e. The van der Waals surface area contributed by atoms with Crippen molar-refractivity contribution in [3.05, 3.63) is 65.5 Å². The zero-order valence-electron chi connectivity index (χ0n) is 16.8. The van der Waals surface area contributed by atoms with E-state index in [0.29, 0.717) is 30.1 Å². The van der Waals surface area contributed by atoms with Crippen LogP contribution in [0.3, 0.4) is 0 Å². The first-order valence-corrected chi connectivity index (χ1v) is 11.2. The molecule has 5 nitrogen and oxygen atoms in total. The third kappa shape index (κ3) is 4.76. The van der Waals surface area contributed by atoms with E-state index in [0.717, 1.165) is 41.9 Å². The molecule has 0 bridgehead atoms. The highest BCUT2D eigenvalue weighted by Crippen LogP contribution is 2.33. The molecule has 1 aliphatic heterocycles. The summed E-state index contributed by atoms with van der Waals surface area (Å²) in [6, 6.07) is 19.7. The smallest absolute Gasteiger partial charge is 0.263 e. The molecule has 0 radical (unpaired) electrons. The van der Waals surface area contributed by atoms with E-state index in [9.17, 15) is 9.59 Å². The zero-order chi connectivity index (χ0) is 20.8. The third-order valence-electron chi connectivity index (χ3n) is 5.24. The van der Waals surface area contributed by atoms with Gasteiger partial charge < -0.3 is 10.2 Å². The quantitative estimate of drug-likeness (QED) is 0.635. The number of nitrogens with zero attached hydrogens (tertiary/aromatic N) is 2. The Hall–Kier alpha value is -2.99. The van der Waals surface area contributed by atoms with Crippen LogP contribution in [0.1, 0.15) is 35.4 Å². The molecule has 2 aromatic carbocycles. The van der Waals surface area contributed by atoms with Crippen molar-refractivity contribution in [2.24, 2.45) is 0 Å². The summed E-state index contributed by atoms with van der Waals surface area (Å²) in [6.07, 6.45) is 3.71. The van der Waals surface area contributed by atoms with Gasteiger partial charge in [0.15, 0.2) is 0 Å². The third-order valence-corrected chi connectivity index (χ3v) is 6.34. The van der Waals surface area contributed by atoms with E-state index < -0.39 is 0 Å². The average Bonchev–Trinajstić information content (AvgIpc) is 3.14. The number of aromatic nitrogens is 1. The molecule has 2 heterocycles. The number of hydrogen-bond acceptors (Lipinski definition) is 4. The van der Waals surface area contributed by atoms with Gasteiger partial charge in [0.05, 0.1) is 5.69 Å². The van der Waals surface area contributed by atoms with Crippen molar-refractivity contribution in [1.29, 1.82) is 0 Å². The highest BCUT2D eigenvalue weighted by molar-refractivity contribution is 7.17. The van der Waals surface area contributed by atoms with Crippen molar-refractivity contribution in [2.45, 2.75) is 25.7 Å². The summed E-state index contributed by atoms with van der Waals surface area (Å²) in [5.41, 5.74) is 2.61. The van der Waals surface area contributed by atoms with Crippen LogP contribution in [0.2, 0.25) is 0 Å². The topological polar surface area (TPSA) is 62.3 Å². The van der Waals surface area contributed by atoms with Gasteiger partial charge in [0, 0.05) is 37.2 Å². The van der Waals surface area contributed by atoms with Gasteiger partial charge in [-0.1, -0.05) is 67.1 Å². The molecule has 0 spiro atoms. The van der Waals surface area contributed by atoms with E-state index in [1.165, 1.54) is 11.3 Å². The van der Waals surface area contributed by atoms with Crippen LogP contribution in [-0.2, 0) is 4.79 Å². The van der Waals surface area contributed by atoms with Gasteiger partial charge in [-0.25, -0.2) is 4.98 Å². The highest BCUT2D eigenvalue weighted by Gasteiger charge is 2.21. The Morgan fingerprint density at radius 3 is 2.40 bits per heavy atom. The van der Waals surface area contributed by atoms with Crippen molar-refractivity contribution in [2.75, 3.05) is 19.6 Å². The molecular formula is C24H25N3O2S. The summed E-state index contributed by atoms with van der Waals surface area (Å²) in [6.45, 7) is 1.77. The van der Waals surface area contributed by atoms with Crippen LogP contribution in [0.4, 0.5) is 0 Å². The summed E-state index contributed by atoms with van der Waals surface area (Å²) in [5.74, 6) is 0.0479. The van der Waals surface area contributed by atoms with Gasteiger partial charge in [-0.15, -0.1) is 11.3 Å². The van der Waals surface area contributed by atoms with Crippen LogP contribution >= 0.6 is 11.3 Å². The first kappa shape index (κ1) is 20.3. The fourth-order valence-electron chi connectivity index (χ4n) is 3.63. The Morgan fingerprint density at radius 2 is 1.67 bits per heavy atom. The average molecular weight is 420 g/mol. The second kappa shape index (κ2) is 9.67. The minimum absolute atomic E-state index is 0.143. The lowest BCUT2D eigenvalue weighted by atomic mass is 10.1. The number of benzene rings is 2. The predicted octanol–water partition coefficient (Wildman–Crippen LogP) is 4.61. The Kier molecular flexibility index (Phi) is 6.54. The Balaban J connectivity index is 1.52. The first-order valence-electron chi connectivity index (χ1n) is 10.4. The van der Waals surface area contributed by atoms with E-state index in [-0.39, 0.29) is 11.8 Å². The molecule has 6 heteroatoms. The Morgan fingerprint density at radius 1 is 0.967 bits per heavy atom. The van der Waals surface area contributed by atoms with Crippen molar-refractivity contribution in [3.63, 3.8) is 0 Å². The van der Waals surface area contributed by atoms with E-state index in [1.54, 1.807) is 0 Å². The van der Waals surface area contributed by atoms with Crippen LogP contribution in [0.15, 0.2) is 60.7 Å². The molecule has 4 rings (SSSR count). The summed E-state index contributed by atoms with van der Waals surface area (Å²) in [4.78, 5) is 32.5. The van der Waals surface area contributed by atoms with Crippen molar-refractivity contribution < 1.29 is 9.59 Å². The number of amides is 2. The van der Waals surface area contributed by atoms with E-state index in [4.69, 9.17) is 4.98 Å². The number of carbonyl (C=O) groups excluding carboxylic acids is 2. The Bertz CT molecular complexity index is 1000.